The van der Waals surface area contributed by atoms with Gasteiger partial charge in [0.05, 0.1) is 4.90 Å². The van der Waals surface area contributed by atoms with Gasteiger partial charge in [-0.15, -0.1) is 0 Å². The standard InChI is InChI=1S/C26H33N3O4S/c1-19-12-14-28(15-13-19)34(32,33)23-9-10-24-22(16-23)8-11-26(31)29(24)18-25(30)27-17-20(2)21-6-4-3-5-7-21/h3-7,9-10,16,19-20H,8,11-15,17-18H2,1-2H3,(H,27,30)/t20-/m0/s1. The first-order chi connectivity index (χ1) is 16.3. The largest absolute Gasteiger partial charge is 0.354 e. The van der Waals surface area contributed by atoms with E-state index < -0.39 is 10.0 Å². The van der Waals surface area contributed by atoms with E-state index in [1.54, 1.807) is 22.5 Å². The predicted molar refractivity (Wildman–Crippen MR) is 132 cm³/mol. The lowest BCUT2D eigenvalue weighted by Gasteiger charge is -2.31. The summed E-state index contributed by atoms with van der Waals surface area (Å²) in [7, 11) is -3.57. The fourth-order valence-electron chi connectivity index (χ4n) is 4.61. The lowest BCUT2D eigenvalue weighted by atomic mass is 10.0. The molecule has 1 atom stereocenters. The van der Waals surface area contributed by atoms with Gasteiger partial charge in [-0.3, -0.25) is 9.59 Å². The van der Waals surface area contributed by atoms with Crippen LogP contribution in [0.25, 0.3) is 0 Å². The summed E-state index contributed by atoms with van der Waals surface area (Å²) in [5.74, 6) is 0.332. The molecule has 2 amide bonds. The third-order valence-corrected chi connectivity index (χ3v) is 8.80. The third-order valence-electron chi connectivity index (χ3n) is 6.91. The van der Waals surface area contributed by atoms with E-state index in [9.17, 15) is 18.0 Å². The van der Waals surface area contributed by atoms with E-state index in [1.165, 1.54) is 4.90 Å². The molecule has 0 unspecified atom stereocenters. The van der Waals surface area contributed by atoms with Crippen molar-refractivity contribution >= 4 is 27.5 Å². The zero-order chi connectivity index (χ0) is 24.3. The van der Waals surface area contributed by atoms with Crippen molar-refractivity contribution < 1.29 is 18.0 Å². The second-order valence-electron chi connectivity index (χ2n) is 9.47. The minimum atomic E-state index is -3.57. The molecule has 0 spiro atoms. The van der Waals surface area contributed by atoms with Crippen LogP contribution in [0.3, 0.4) is 0 Å². The summed E-state index contributed by atoms with van der Waals surface area (Å²) in [6, 6.07) is 14.9. The van der Waals surface area contributed by atoms with Crippen LogP contribution in [0.4, 0.5) is 5.69 Å². The number of nitrogens with zero attached hydrogens (tertiary/aromatic N) is 2. The highest BCUT2D eigenvalue weighted by Gasteiger charge is 2.31. The Morgan fingerprint density at radius 3 is 2.50 bits per heavy atom. The molecule has 8 heteroatoms. The minimum absolute atomic E-state index is 0.0799. The molecule has 4 rings (SSSR count). The predicted octanol–water partition coefficient (Wildman–Crippen LogP) is 3.31. The van der Waals surface area contributed by atoms with E-state index in [0.717, 1.165) is 24.0 Å². The summed E-state index contributed by atoms with van der Waals surface area (Å²) in [6.07, 6.45) is 2.46. The Morgan fingerprint density at radius 2 is 1.79 bits per heavy atom. The van der Waals surface area contributed by atoms with Crippen LogP contribution in [0.2, 0.25) is 0 Å². The van der Waals surface area contributed by atoms with Crippen LogP contribution in [0, 0.1) is 5.92 Å². The van der Waals surface area contributed by atoms with Crippen molar-refractivity contribution in [3.8, 4) is 0 Å². The van der Waals surface area contributed by atoms with E-state index in [2.05, 4.69) is 12.2 Å². The molecule has 1 fully saturated rings. The second-order valence-corrected chi connectivity index (χ2v) is 11.4. The van der Waals surface area contributed by atoms with Gasteiger partial charge in [0.1, 0.15) is 6.54 Å². The number of nitrogens with one attached hydrogen (secondary N) is 1. The third kappa shape index (κ3) is 5.33. The van der Waals surface area contributed by atoms with Gasteiger partial charge < -0.3 is 10.2 Å². The average Bonchev–Trinajstić information content (AvgIpc) is 2.84. The SMILES string of the molecule is CC1CCN(S(=O)(=O)c2ccc3c(c2)CCC(=O)N3CC(=O)NC[C@H](C)c2ccccc2)CC1. The molecule has 2 heterocycles. The number of anilines is 1. The second kappa shape index (κ2) is 10.3. The van der Waals surface area contributed by atoms with Gasteiger partial charge in [-0.25, -0.2) is 8.42 Å². The summed E-state index contributed by atoms with van der Waals surface area (Å²) in [4.78, 5) is 27.0. The van der Waals surface area contributed by atoms with Gasteiger partial charge in [0.2, 0.25) is 21.8 Å². The van der Waals surface area contributed by atoms with Gasteiger partial charge in [-0.2, -0.15) is 4.31 Å². The molecule has 2 aliphatic heterocycles. The van der Waals surface area contributed by atoms with Crippen LogP contribution in [0.1, 0.15) is 50.2 Å². The number of piperidine rings is 1. The highest BCUT2D eigenvalue weighted by Crippen LogP contribution is 2.32. The molecule has 0 saturated carbocycles. The van der Waals surface area contributed by atoms with E-state index in [-0.39, 0.29) is 35.6 Å². The number of hydrogen-bond acceptors (Lipinski definition) is 4. The Labute approximate surface area is 202 Å². The number of amides is 2. The highest BCUT2D eigenvalue weighted by molar-refractivity contribution is 7.89. The van der Waals surface area contributed by atoms with Crippen LogP contribution < -0.4 is 10.2 Å². The topological polar surface area (TPSA) is 86.8 Å². The van der Waals surface area contributed by atoms with Gasteiger partial charge in [0, 0.05) is 31.7 Å². The van der Waals surface area contributed by atoms with Gasteiger partial charge in [0.15, 0.2) is 0 Å². The van der Waals surface area contributed by atoms with Crippen molar-refractivity contribution in [2.75, 3.05) is 31.1 Å². The summed E-state index contributed by atoms with van der Waals surface area (Å²) in [5, 5.41) is 2.93. The Balaban J connectivity index is 1.44. The van der Waals surface area contributed by atoms with Crippen molar-refractivity contribution in [2.45, 2.75) is 50.3 Å². The van der Waals surface area contributed by atoms with Crippen LogP contribution >= 0.6 is 0 Å². The number of sulfonamides is 1. The first-order valence-corrected chi connectivity index (χ1v) is 13.4. The van der Waals surface area contributed by atoms with Gasteiger partial charge >= 0.3 is 0 Å². The minimum Gasteiger partial charge on any atom is -0.354 e. The van der Waals surface area contributed by atoms with Crippen molar-refractivity contribution in [3.63, 3.8) is 0 Å². The Hall–Kier alpha value is -2.71. The smallest absolute Gasteiger partial charge is 0.243 e. The summed E-state index contributed by atoms with van der Waals surface area (Å²) < 4.78 is 27.9. The number of carbonyl (C=O) groups excluding carboxylic acids is 2. The average molecular weight is 484 g/mol. The molecule has 2 aromatic rings. The molecule has 1 saturated heterocycles. The van der Waals surface area contributed by atoms with Crippen molar-refractivity contribution in [1.29, 1.82) is 0 Å². The van der Waals surface area contributed by atoms with Crippen LogP contribution in [-0.2, 0) is 26.0 Å². The molecule has 2 aromatic carbocycles. The molecular weight excluding hydrogens is 450 g/mol. The molecule has 2 aliphatic rings. The highest BCUT2D eigenvalue weighted by atomic mass is 32.2. The normalized spacial score (nSPS) is 18.4. The number of hydrogen-bond donors (Lipinski definition) is 1. The molecule has 0 radical (unpaired) electrons. The fourth-order valence-corrected chi connectivity index (χ4v) is 6.13. The van der Waals surface area contributed by atoms with Crippen LogP contribution in [0.15, 0.2) is 53.4 Å². The molecule has 1 N–H and O–H groups in total. The van der Waals surface area contributed by atoms with Gasteiger partial charge in [0.25, 0.3) is 0 Å². The molecule has 34 heavy (non-hydrogen) atoms. The zero-order valence-electron chi connectivity index (χ0n) is 19.9. The number of fused-ring (bicyclic) bond motifs is 1. The van der Waals surface area contributed by atoms with E-state index in [4.69, 9.17) is 0 Å². The van der Waals surface area contributed by atoms with Crippen LogP contribution in [0.5, 0.6) is 0 Å². The van der Waals surface area contributed by atoms with E-state index in [1.807, 2.05) is 37.3 Å². The number of rotatable bonds is 7. The fraction of sp³-hybridized carbons (Fsp3) is 0.462. The maximum Gasteiger partial charge on any atom is 0.243 e. The molecule has 0 bridgehead atoms. The van der Waals surface area contributed by atoms with E-state index >= 15 is 0 Å². The number of benzene rings is 2. The Morgan fingerprint density at radius 1 is 1.09 bits per heavy atom. The summed E-state index contributed by atoms with van der Waals surface area (Å²) >= 11 is 0. The number of aryl methyl sites for hydroxylation is 1. The molecule has 0 aliphatic carbocycles. The molecular formula is C26H33N3O4S. The van der Waals surface area contributed by atoms with Crippen molar-refractivity contribution in [3.05, 3.63) is 59.7 Å². The summed E-state index contributed by atoms with van der Waals surface area (Å²) in [6.45, 7) is 5.65. The Kier molecular flexibility index (Phi) is 7.38. The molecule has 182 valence electrons. The quantitative estimate of drug-likeness (QED) is 0.655. The Bertz CT molecular complexity index is 1140. The lowest BCUT2D eigenvalue weighted by molar-refractivity contribution is -0.124. The van der Waals surface area contributed by atoms with Gasteiger partial charge in [-0.05, 0) is 60.4 Å². The van der Waals surface area contributed by atoms with Crippen LogP contribution in [-0.4, -0.2) is 50.7 Å². The zero-order valence-corrected chi connectivity index (χ0v) is 20.7. The molecule has 7 nitrogen and oxygen atoms in total. The lowest BCUT2D eigenvalue weighted by Crippen LogP contribution is -2.44. The van der Waals surface area contributed by atoms with Gasteiger partial charge in [-0.1, -0.05) is 44.2 Å². The first kappa shape index (κ1) is 24.4. The van der Waals surface area contributed by atoms with E-state index in [0.29, 0.717) is 37.7 Å². The van der Waals surface area contributed by atoms with Crippen molar-refractivity contribution in [1.82, 2.24) is 9.62 Å². The maximum absolute atomic E-state index is 13.2. The summed E-state index contributed by atoms with van der Waals surface area (Å²) in [5.41, 5.74) is 2.55. The monoisotopic (exact) mass is 483 g/mol. The first-order valence-electron chi connectivity index (χ1n) is 12.0. The maximum atomic E-state index is 13.2. The van der Waals surface area contributed by atoms with Crippen molar-refractivity contribution in [2.24, 2.45) is 5.92 Å². The molecule has 0 aromatic heterocycles. The number of carbonyl (C=O) groups is 2.